The van der Waals surface area contributed by atoms with Crippen LogP contribution >= 0.6 is 23.2 Å². The normalized spacial score (nSPS) is 10.6. The smallest absolute Gasteiger partial charge is 0.263 e. The predicted molar refractivity (Wildman–Crippen MR) is 65.5 cm³/mol. The van der Waals surface area contributed by atoms with E-state index in [0.29, 0.717) is 5.75 Å². The van der Waals surface area contributed by atoms with Gasteiger partial charge < -0.3 is 9.47 Å². The zero-order chi connectivity index (χ0) is 12.6. The van der Waals surface area contributed by atoms with Gasteiger partial charge in [0.1, 0.15) is 10.9 Å². The van der Waals surface area contributed by atoms with Gasteiger partial charge in [-0.25, -0.2) is 4.98 Å². The molecule has 0 bridgehead atoms. The van der Waals surface area contributed by atoms with E-state index in [4.69, 9.17) is 32.7 Å². The Kier molecular flexibility index (Phi) is 3.13. The molecule has 2 aromatic rings. The topological polar surface area (TPSA) is 64.2 Å². The van der Waals surface area contributed by atoms with E-state index in [9.17, 15) is 4.79 Å². The highest BCUT2D eigenvalue weighted by molar-refractivity contribution is 6.36. The molecule has 0 aliphatic carbocycles. The fraction of sp³-hybridized carbons (Fsp3) is 0.200. The van der Waals surface area contributed by atoms with Crippen LogP contribution in [0.2, 0.25) is 10.3 Å². The van der Waals surface area contributed by atoms with E-state index in [1.165, 1.54) is 20.3 Å². The first-order chi connectivity index (χ1) is 8.08. The first-order valence-corrected chi connectivity index (χ1v) is 5.34. The summed E-state index contributed by atoms with van der Waals surface area (Å²) >= 11 is 11.7. The van der Waals surface area contributed by atoms with Gasteiger partial charge in [0, 0.05) is 6.07 Å². The van der Waals surface area contributed by atoms with Crippen molar-refractivity contribution in [3.8, 4) is 11.5 Å². The molecule has 17 heavy (non-hydrogen) atoms. The third-order valence-corrected chi connectivity index (χ3v) is 2.72. The SMILES string of the molecule is COc1cc(Cl)c2nc(Cl)[nH]c(=O)c2c1OC. The molecule has 7 heteroatoms. The van der Waals surface area contributed by atoms with Crippen LogP contribution in [0.5, 0.6) is 11.5 Å². The van der Waals surface area contributed by atoms with E-state index in [0.717, 1.165) is 0 Å². The Balaban J connectivity index is 3.01. The summed E-state index contributed by atoms with van der Waals surface area (Å²) in [4.78, 5) is 18.2. The van der Waals surface area contributed by atoms with Crippen LogP contribution in [0.4, 0.5) is 0 Å². The fourth-order valence-corrected chi connectivity index (χ4v) is 1.96. The van der Waals surface area contributed by atoms with Crippen molar-refractivity contribution in [3.05, 3.63) is 26.7 Å². The first kappa shape index (κ1) is 12.0. The molecule has 0 saturated carbocycles. The minimum Gasteiger partial charge on any atom is -0.493 e. The second kappa shape index (κ2) is 4.43. The monoisotopic (exact) mass is 274 g/mol. The number of hydrogen-bond donors (Lipinski definition) is 1. The van der Waals surface area contributed by atoms with Crippen molar-refractivity contribution in [3.63, 3.8) is 0 Å². The summed E-state index contributed by atoms with van der Waals surface area (Å²) in [7, 11) is 2.89. The summed E-state index contributed by atoms with van der Waals surface area (Å²) in [6.07, 6.45) is 0. The second-order valence-electron chi connectivity index (χ2n) is 3.17. The summed E-state index contributed by atoms with van der Waals surface area (Å²) < 4.78 is 10.2. The van der Waals surface area contributed by atoms with Crippen molar-refractivity contribution >= 4 is 34.1 Å². The molecule has 2 rings (SSSR count). The Hall–Kier alpha value is -1.46. The van der Waals surface area contributed by atoms with Gasteiger partial charge in [-0.05, 0) is 11.6 Å². The molecular weight excluding hydrogens is 267 g/mol. The van der Waals surface area contributed by atoms with Crippen LogP contribution in [0.15, 0.2) is 10.9 Å². The van der Waals surface area contributed by atoms with Crippen molar-refractivity contribution in [2.75, 3.05) is 14.2 Å². The van der Waals surface area contributed by atoms with E-state index in [-0.39, 0.29) is 27.0 Å². The third kappa shape index (κ3) is 1.92. The highest BCUT2D eigenvalue weighted by Crippen LogP contribution is 2.37. The van der Waals surface area contributed by atoms with Crippen molar-refractivity contribution in [1.29, 1.82) is 0 Å². The van der Waals surface area contributed by atoms with Crippen molar-refractivity contribution in [2.24, 2.45) is 0 Å². The van der Waals surface area contributed by atoms with Crippen LogP contribution in [-0.4, -0.2) is 24.2 Å². The van der Waals surface area contributed by atoms with Crippen LogP contribution in [0.25, 0.3) is 10.9 Å². The van der Waals surface area contributed by atoms with Crippen LogP contribution in [0.1, 0.15) is 0 Å². The highest BCUT2D eigenvalue weighted by Gasteiger charge is 2.17. The maximum Gasteiger partial charge on any atom is 0.263 e. The quantitative estimate of drug-likeness (QED) is 0.854. The van der Waals surface area contributed by atoms with Crippen LogP contribution in [0.3, 0.4) is 0 Å². The average molecular weight is 275 g/mol. The maximum atomic E-state index is 11.8. The lowest BCUT2D eigenvalue weighted by molar-refractivity contribution is 0.358. The molecular formula is C10H8Cl2N2O3. The van der Waals surface area contributed by atoms with Crippen LogP contribution in [-0.2, 0) is 0 Å². The maximum absolute atomic E-state index is 11.8. The number of nitrogens with one attached hydrogen (secondary N) is 1. The van der Waals surface area contributed by atoms with E-state index in [1.54, 1.807) is 0 Å². The van der Waals surface area contributed by atoms with Crippen molar-refractivity contribution in [1.82, 2.24) is 9.97 Å². The number of nitrogens with zero attached hydrogens (tertiary/aromatic N) is 1. The molecule has 0 spiro atoms. The molecule has 0 fully saturated rings. The number of ether oxygens (including phenoxy) is 2. The summed E-state index contributed by atoms with van der Waals surface area (Å²) in [5.74, 6) is 0.636. The lowest BCUT2D eigenvalue weighted by Crippen LogP contribution is -2.10. The number of halogens is 2. The molecule has 5 nitrogen and oxygen atoms in total. The largest absolute Gasteiger partial charge is 0.493 e. The van der Waals surface area contributed by atoms with Crippen LogP contribution < -0.4 is 15.0 Å². The minimum absolute atomic E-state index is 0.0309. The van der Waals surface area contributed by atoms with Gasteiger partial charge in [-0.1, -0.05) is 11.6 Å². The Labute approximate surface area is 106 Å². The van der Waals surface area contributed by atoms with Crippen molar-refractivity contribution < 1.29 is 9.47 Å². The summed E-state index contributed by atoms with van der Waals surface area (Å²) in [5, 5.41) is 0.448. The van der Waals surface area contributed by atoms with Gasteiger partial charge >= 0.3 is 0 Å². The molecule has 90 valence electrons. The molecule has 0 aliphatic rings. The molecule has 1 heterocycles. The summed E-state index contributed by atoms with van der Waals surface area (Å²) in [6, 6.07) is 1.52. The average Bonchev–Trinajstić information content (AvgIpc) is 2.29. The van der Waals surface area contributed by atoms with Gasteiger partial charge in [-0.15, -0.1) is 0 Å². The molecule has 1 N–H and O–H groups in total. The number of aromatic amines is 1. The van der Waals surface area contributed by atoms with Crippen LogP contribution in [0, 0.1) is 0 Å². The van der Waals surface area contributed by atoms with Gasteiger partial charge in [-0.2, -0.15) is 0 Å². The predicted octanol–water partition coefficient (Wildman–Crippen LogP) is 2.25. The zero-order valence-electron chi connectivity index (χ0n) is 9.01. The third-order valence-electron chi connectivity index (χ3n) is 2.25. The number of fused-ring (bicyclic) bond motifs is 1. The van der Waals surface area contributed by atoms with E-state index in [2.05, 4.69) is 9.97 Å². The van der Waals surface area contributed by atoms with E-state index in [1.807, 2.05) is 0 Å². The summed E-state index contributed by atoms with van der Waals surface area (Å²) in [6.45, 7) is 0. The molecule has 0 amide bonds. The molecule has 0 saturated heterocycles. The molecule has 1 aromatic carbocycles. The lowest BCUT2D eigenvalue weighted by Gasteiger charge is -2.10. The Morgan fingerprint density at radius 2 is 2.00 bits per heavy atom. The number of aromatic nitrogens is 2. The number of methoxy groups -OCH3 is 2. The van der Waals surface area contributed by atoms with E-state index >= 15 is 0 Å². The number of H-pyrrole nitrogens is 1. The molecule has 0 unspecified atom stereocenters. The zero-order valence-corrected chi connectivity index (χ0v) is 10.5. The Morgan fingerprint density at radius 3 is 2.59 bits per heavy atom. The van der Waals surface area contributed by atoms with Gasteiger partial charge in [0.25, 0.3) is 5.56 Å². The Morgan fingerprint density at radius 1 is 1.29 bits per heavy atom. The summed E-state index contributed by atoms with van der Waals surface area (Å²) in [5.41, 5.74) is -0.157. The molecule has 1 aromatic heterocycles. The van der Waals surface area contributed by atoms with Gasteiger partial charge in [-0.3, -0.25) is 9.78 Å². The van der Waals surface area contributed by atoms with Crippen molar-refractivity contribution in [2.45, 2.75) is 0 Å². The standard InChI is InChI=1S/C10H8Cl2N2O3/c1-16-5-3-4(11)7-6(8(5)17-2)9(15)14-10(12)13-7/h3H,1-2H3,(H,13,14,15). The fourth-order valence-electron chi connectivity index (χ4n) is 1.56. The highest BCUT2D eigenvalue weighted by atomic mass is 35.5. The van der Waals surface area contributed by atoms with Gasteiger partial charge in [0.15, 0.2) is 11.5 Å². The molecule has 0 atom stereocenters. The minimum atomic E-state index is -0.433. The Bertz CT molecular complexity index is 639. The number of benzene rings is 1. The van der Waals surface area contributed by atoms with Gasteiger partial charge in [0.05, 0.1) is 19.2 Å². The van der Waals surface area contributed by atoms with E-state index < -0.39 is 5.56 Å². The second-order valence-corrected chi connectivity index (χ2v) is 3.94. The first-order valence-electron chi connectivity index (χ1n) is 4.58. The number of hydrogen-bond acceptors (Lipinski definition) is 4. The van der Waals surface area contributed by atoms with Gasteiger partial charge in [0.2, 0.25) is 5.28 Å². The molecule has 0 radical (unpaired) electrons. The molecule has 0 aliphatic heterocycles. The lowest BCUT2D eigenvalue weighted by atomic mass is 10.2. The number of rotatable bonds is 2.